The molecular weight excluding hydrogens is 253 g/mol. The number of hydrogen-bond donors (Lipinski definition) is 1. The van der Waals surface area contributed by atoms with Gasteiger partial charge in [0, 0.05) is 16.6 Å². The lowest BCUT2D eigenvalue weighted by atomic mass is 10.1. The summed E-state index contributed by atoms with van der Waals surface area (Å²) in [7, 11) is 0. The maximum absolute atomic E-state index is 13.5. The first-order valence-electron chi connectivity index (χ1n) is 6.48. The topological polar surface area (TPSA) is 35.2 Å². The van der Waals surface area contributed by atoms with E-state index in [1.165, 1.54) is 18.6 Å². The predicted octanol–water partition coefficient (Wildman–Crippen LogP) is 3.66. The molecule has 1 aliphatic rings. The molecule has 0 radical (unpaired) electrons. The fourth-order valence-corrected chi connectivity index (χ4v) is 2.55. The zero-order valence-corrected chi connectivity index (χ0v) is 11.1. The Morgan fingerprint density at radius 2 is 2.06 bits per heavy atom. The molecule has 1 aromatic rings. The normalized spacial score (nSPS) is 24.8. The van der Waals surface area contributed by atoms with Crippen LogP contribution in [-0.4, -0.2) is 12.1 Å². The quantitative estimate of drug-likeness (QED) is 0.852. The van der Waals surface area contributed by atoms with Crippen LogP contribution in [0.2, 0.25) is 5.02 Å². The summed E-state index contributed by atoms with van der Waals surface area (Å²) < 4.78 is 19.3. The molecule has 0 aliphatic heterocycles. The molecule has 2 nitrogen and oxygen atoms in total. The van der Waals surface area contributed by atoms with Gasteiger partial charge in [-0.15, -0.1) is 0 Å². The molecule has 1 aliphatic carbocycles. The molecule has 2 rings (SSSR count). The van der Waals surface area contributed by atoms with Crippen LogP contribution >= 0.6 is 11.6 Å². The van der Waals surface area contributed by atoms with E-state index in [4.69, 9.17) is 22.1 Å². The van der Waals surface area contributed by atoms with Crippen LogP contribution in [0.3, 0.4) is 0 Å². The first-order valence-corrected chi connectivity index (χ1v) is 6.86. The van der Waals surface area contributed by atoms with Gasteiger partial charge in [-0.25, -0.2) is 4.39 Å². The van der Waals surface area contributed by atoms with Crippen molar-refractivity contribution in [3.8, 4) is 0 Å². The highest BCUT2D eigenvalue weighted by molar-refractivity contribution is 6.30. The average molecular weight is 272 g/mol. The molecule has 0 aromatic heterocycles. The van der Waals surface area contributed by atoms with Crippen LogP contribution in [0.25, 0.3) is 0 Å². The summed E-state index contributed by atoms with van der Waals surface area (Å²) in [5, 5.41) is 0.528. The Balaban J connectivity index is 1.95. The maximum atomic E-state index is 13.5. The Morgan fingerprint density at radius 1 is 1.28 bits per heavy atom. The molecule has 0 saturated heterocycles. The summed E-state index contributed by atoms with van der Waals surface area (Å²) >= 11 is 5.85. The van der Waals surface area contributed by atoms with Crippen LogP contribution < -0.4 is 5.73 Å². The molecular formula is C14H19ClFNO. The summed E-state index contributed by atoms with van der Waals surface area (Å²) in [4.78, 5) is 0. The largest absolute Gasteiger partial charge is 0.372 e. The van der Waals surface area contributed by atoms with E-state index in [1.807, 2.05) is 0 Å². The van der Waals surface area contributed by atoms with E-state index in [0.717, 1.165) is 25.7 Å². The van der Waals surface area contributed by atoms with E-state index >= 15 is 0 Å². The fraction of sp³-hybridized carbons (Fsp3) is 0.571. The Labute approximate surface area is 112 Å². The number of benzene rings is 1. The van der Waals surface area contributed by atoms with Crippen molar-refractivity contribution in [2.24, 2.45) is 5.73 Å². The third kappa shape index (κ3) is 3.67. The number of hydrogen-bond acceptors (Lipinski definition) is 2. The van der Waals surface area contributed by atoms with Crippen molar-refractivity contribution in [3.05, 3.63) is 34.6 Å². The number of halogens is 2. The van der Waals surface area contributed by atoms with Crippen LogP contribution in [0.5, 0.6) is 0 Å². The minimum Gasteiger partial charge on any atom is -0.372 e. The summed E-state index contributed by atoms with van der Waals surface area (Å²) in [5.41, 5.74) is 6.57. The lowest BCUT2D eigenvalue weighted by molar-refractivity contribution is 0.0181. The van der Waals surface area contributed by atoms with E-state index in [-0.39, 0.29) is 24.6 Å². The van der Waals surface area contributed by atoms with Gasteiger partial charge in [-0.3, -0.25) is 0 Å². The molecule has 0 bridgehead atoms. The molecule has 18 heavy (non-hydrogen) atoms. The molecule has 0 spiro atoms. The summed E-state index contributed by atoms with van der Waals surface area (Å²) in [6.07, 6.45) is 5.49. The van der Waals surface area contributed by atoms with Gasteiger partial charge in [0.05, 0.1) is 12.7 Å². The van der Waals surface area contributed by atoms with Gasteiger partial charge in [0.1, 0.15) is 5.82 Å². The van der Waals surface area contributed by atoms with E-state index in [0.29, 0.717) is 10.6 Å². The van der Waals surface area contributed by atoms with Crippen LogP contribution in [0.1, 0.15) is 37.7 Å². The molecule has 100 valence electrons. The minimum atomic E-state index is -0.276. The first-order chi connectivity index (χ1) is 8.66. The van der Waals surface area contributed by atoms with Gasteiger partial charge >= 0.3 is 0 Å². The second-order valence-corrected chi connectivity index (χ2v) is 5.32. The summed E-state index contributed by atoms with van der Waals surface area (Å²) in [5.74, 6) is -0.276. The molecule has 0 amide bonds. The van der Waals surface area contributed by atoms with Crippen molar-refractivity contribution in [2.45, 2.75) is 50.9 Å². The van der Waals surface area contributed by atoms with E-state index < -0.39 is 0 Å². The Hall–Kier alpha value is -0.640. The van der Waals surface area contributed by atoms with Crippen LogP contribution in [-0.2, 0) is 11.3 Å². The molecule has 2 atom stereocenters. The van der Waals surface area contributed by atoms with Crippen molar-refractivity contribution in [3.63, 3.8) is 0 Å². The van der Waals surface area contributed by atoms with Crippen molar-refractivity contribution in [1.82, 2.24) is 0 Å². The maximum Gasteiger partial charge on any atom is 0.128 e. The zero-order valence-electron chi connectivity index (χ0n) is 10.4. The zero-order chi connectivity index (χ0) is 13.0. The predicted molar refractivity (Wildman–Crippen MR) is 71.0 cm³/mol. The van der Waals surface area contributed by atoms with Crippen molar-refractivity contribution in [2.75, 3.05) is 0 Å². The monoisotopic (exact) mass is 271 g/mol. The van der Waals surface area contributed by atoms with Gasteiger partial charge in [0.2, 0.25) is 0 Å². The van der Waals surface area contributed by atoms with Gasteiger partial charge in [-0.2, -0.15) is 0 Å². The molecule has 1 fully saturated rings. The SMILES string of the molecule is NC1CCCCCC1OCc1cc(Cl)ccc1F. The third-order valence-corrected chi connectivity index (χ3v) is 3.70. The number of rotatable bonds is 3. The standard InChI is InChI=1S/C14H19ClFNO/c15-11-6-7-12(16)10(8-11)9-18-14-5-3-1-2-4-13(14)17/h6-8,13-14H,1-5,9,17H2. The number of ether oxygens (including phenoxy) is 1. The van der Waals surface area contributed by atoms with Crippen molar-refractivity contribution < 1.29 is 9.13 Å². The Bertz CT molecular complexity index is 399. The minimum absolute atomic E-state index is 0.0332. The highest BCUT2D eigenvalue weighted by Gasteiger charge is 2.21. The molecule has 0 heterocycles. The molecule has 2 unspecified atom stereocenters. The first kappa shape index (κ1) is 13.8. The fourth-order valence-electron chi connectivity index (χ4n) is 2.36. The highest BCUT2D eigenvalue weighted by atomic mass is 35.5. The summed E-state index contributed by atoms with van der Waals surface area (Å²) in [6, 6.07) is 4.58. The highest BCUT2D eigenvalue weighted by Crippen LogP contribution is 2.22. The molecule has 4 heteroatoms. The molecule has 2 N–H and O–H groups in total. The Kier molecular flexibility index (Phi) is 4.98. The molecule has 1 aromatic carbocycles. The van der Waals surface area contributed by atoms with Crippen LogP contribution in [0.4, 0.5) is 4.39 Å². The lowest BCUT2D eigenvalue weighted by Gasteiger charge is -2.22. The second kappa shape index (κ2) is 6.50. The van der Waals surface area contributed by atoms with Gasteiger partial charge in [0.15, 0.2) is 0 Å². The second-order valence-electron chi connectivity index (χ2n) is 4.89. The molecule has 1 saturated carbocycles. The van der Waals surface area contributed by atoms with Gasteiger partial charge in [-0.1, -0.05) is 30.9 Å². The number of nitrogens with two attached hydrogens (primary N) is 1. The van der Waals surface area contributed by atoms with Crippen LogP contribution in [0, 0.1) is 5.82 Å². The van der Waals surface area contributed by atoms with Gasteiger partial charge in [-0.05, 0) is 31.0 Å². The van der Waals surface area contributed by atoms with E-state index in [1.54, 1.807) is 6.07 Å². The van der Waals surface area contributed by atoms with Crippen molar-refractivity contribution in [1.29, 1.82) is 0 Å². The van der Waals surface area contributed by atoms with Gasteiger partial charge in [0.25, 0.3) is 0 Å². The average Bonchev–Trinajstić information content (AvgIpc) is 2.55. The van der Waals surface area contributed by atoms with Gasteiger partial charge < -0.3 is 10.5 Å². The van der Waals surface area contributed by atoms with E-state index in [2.05, 4.69) is 0 Å². The Morgan fingerprint density at radius 3 is 2.89 bits per heavy atom. The van der Waals surface area contributed by atoms with Crippen LogP contribution in [0.15, 0.2) is 18.2 Å². The van der Waals surface area contributed by atoms with E-state index in [9.17, 15) is 4.39 Å². The van der Waals surface area contributed by atoms with Crippen molar-refractivity contribution >= 4 is 11.6 Å². The lowest BCUT2D eigenvalue weighted by Crippen LogP contribution is -2.35. The summed E-state index contributed by atoms with van der Waals surface area (Å²) in [6.45, 7) is 0.241. The third-order valence-electron chi connectivity index (χ3n) is 3.46. The smallest absolute Gasteiger partial charge is 0.128 e.